The van der Waals surface area contributed by atoms with Gasteiger partial charge in [-0.3, -0.25) is 0 Å². The fourth-order valence-corrected chi connectivity index (χ4v) is 2.50. The standard InChI is InChI=1S/C12H23NO/c1-12(2)8-11(12)13-9-4-6-10(14-3)7-5-9/h9-11,13H,4-8H2,1-3H3. The molecule has 2 saturated carbocycles. The van der Waals surface area contributed by atoms with Gasteiger partial charge in [0.2, 0.25) is 0 Å². The molecule has 2 aliphatic rings. The van der Waals surface area contributed by atoms with E-state index in [1.54, 1.807) is 0 Å². The van der Waals surface area contributed by atoms with Crippen LogP contribution in [0.3, 0.4) is 0 Å². The summed E-state index contributed by atoms with van der Waals surface area (Å²) in [6.45, 7) is 4.71. The van der Waals surface area contributed by atoms with Crippen LogP contribution in [0.25, 0.3) is 0 Å². The van der Waals surface area contributed by atoms with Crippen LogP contribution in [0.15, 0.2) is 0 Å². The van der Waals surface area contributed by atoms with Gasteiger partial charge in [0.25, 0.3) is 0 Å². The lowest BCUT2D eigenvalue weighted by Crippen LogP contribution is -2.37. The number of rotatable bonds is 3. The summed E-state index contributed by atoms with van der Waals surface area (Å²) in [6, 6.07) is 1.54. The predicted octanol–water partition coefficient (Wildman–Crippen LogP) is 2.33. The highest BCUT2D eigenvalue weighted by atomic mass is 16.5. The summed E-state index contributed by atoms with van der Waals surface area (Å²) in [5.74, 6) is 0. The SMILES string of the molecule is COC1CCC(NC2CC2(C)C)CC1. The van der Waals surface area contributed by atoms with Gasteiger partial charge >= 0.3 is 0 Å². The first-order valence-corrected chi connectivity index (χ1v) is 5.90. The van der Waals surface area contributed by atoms with Gasteiger partial charge in [0, 0.05) is 19.2 Å². The molecule has 0 spiro atoms. The molecule has 0 amide bonds. The molecule has 2 fully saturated rings. The molecule has 2 heteroatoms. The number of nitrogens with one attached hydrogen (secondary N) is 1. The van der Waals surface area contributed by atoms with Crippen molar-refractivity contribution in [2.45, 2.75) is 64.1 Å². The first-order chi connectivity index (χ1) is 6.62. The second kappa shape index (κ2) is 3.82. The quantitative estimate of drug-likeness (QED) is 0.750. The summed E-state index contributed by atoms with van der Waals surface area (Å²) in [6.07, 6.45) is 6.95. The van der Waals surface area contributed by atoms with Crippen LogP contribution in [-0.4, -0.2) is 25.3 Å². The third-order valence-electron chi connectivity index (χ3n) is 3.96. The van der Waals surface area contributed by atoms with Gasteiger partial charge in [-0.25, -0.2) is 0 Å². The molecule has 82 valence electrons. The van der Waals surface area contributed by atoms with Gasteiger partial charge in [-0.1, -0.05) is 13.8 Å². The molecule has 0 radical (unpaired) electrons. The first-order valence-electron chi connectivity index (χ1n) is 5.90. The van der Waals surface area contributed by atoms with Crippen LogP contribution in [-0.2, 0) is 4.74 Å². The van der Waals surface area contributed by atoms with E-state index in [4.69, 9.17) is 4.74 Å². The second-order valence-corrected chi connectivity index (χ2v) is 5.62. The fraction of sp³-hybridized carbons (Fsp3) is 1.00. The number of methoxy groups -OCH3 is 1. The molecule has 0 aliphatic heterocycles. The van der Waals surface area contributed by atoms with Crippen molar-refractivity contribution in [2.24, 2.45) is 5.41 Å². The van der Waals surface area contributed by atoms with Crippen molar-refractivity contribution < 1.29 is 4.74 Å². The Bertz CT molecular complexity index is 194. The summed E-state index contributed by atoms with van der Waals surface area (Å²) in [4.78, 5) is 0. The Balaban J connectivity index is 1.69. The molecule has 14 heavy (non-hydrogen) atoms. The zero-order valence-electron chi connectivity index (χ0n) is 9.68. The molecule has 1 unspecified atom stereocenters. The Labute approximate surface area is 87.4 Å². The van der Waals surface area contributed by atoms with Gasteiger partial charge in [-0.05, 0) is 37.5 Å². The second-order valence-electron chi connectivity index (χ2n) is 5.62. The highest BCUT2D eigenvalue weighted by molar-refractivity contribution is 5.03. The zero-order valence-corrected chi connectivity index (χ0v) is 9.68. The number of hydrogen-bond donors (Lipinski definition) is 1. The van der Waals surface area contributed by atoms with Gasteiger partial charge in [-0.2, -0.15) is 0 Å². The topological polar surface area (TPSA) is 21.3 Å². The monoisotopic (exact) mass is 197 g/mol. The maximum absolute atomic E-state index is 5.37. The van der Waals surface area contributed by atoms with Crippen molar-refractivity contribution >= 4 is 0 Å². The summed E-state index contributed by atoms with van der Waals surface area (Å²) in [5, 5.41) is 3.77. The molecular formula is C12H23NO. The largest absolute Gasteiger partial charge is 0.381 e. The minimum absolute atomic E-state index is 0.528. The van der Waals surface area contributed by atoms with E-state index in [2.05, 4.69) is 19.2 Å². The Kier molecular flexibility index (Phi) is 2.85. The van der Waals surface area contributed by atoms with Crippen LogP contribution < -0.4 is 5.32 Å². The van der Waals surface area contributed by atoms with E-state index in [0.717, 1.165) is 12.1 Å². The first kappa shape index (κ1) is 10.4. The van der Waals surface area contributed by atoms with Crippen molar-refractivity contribution in [3.05, 3.63) is 0 Å². The van der Waals surface area contributed by atoms with E-state index >= 15 is 0 Å². The Morgan fingerprint density at radius 3 is 2.14 bits per heavy atom. The van der Waals surface area contributed by atoms with E-state index in [0.29, 0.717) is 11.5 Å². The van der Waals surface area contributed by atoms with Crippen LogP contribution >= 0.6 is 0 Å². The maximum atomic E-state index is 5.37. The Morgan fingerprint density at radius 2 is 1.71 bits per heavy atom. The number of hydrogen-bond acceptors (Lipinski definition) is 2. The van der Waals surface area contributed by atoms with E-state index in [9.17, 15) is 0 Å². The zero-order chi connectivity index (χ0) is 10.2. The van der Waals surface area contributed by atoms with Crippen molar-refractivity contribution in [3.8, 4) is 0 Å². The summed E-state index contributed by atoms with van der Waals surface area (Å²) in [7, 11) is 1.84. The average molecular weight is 197 g/mol. The highest BCUT2D eigenvalue weighted by Gasteiger charge is 2.46. The van der Waals surface area contributed by atoms with E-state index in [1.165, 1.54) is 32.1 Å². The van der Waals surface area contributed by atoms with Crippen LogP contribution in [0.1, 0.15) is 46.0 Å². The summed E-state index contributed by atoms with van der Waals surface area (Å²) < 4.78 is 5.37. The highest BCUT2D eigenvalue weighted by Crippen LogP contribution is 2.45. The normalized spacial score (nSPS) is 40.9. The van der Waals surface area contributed by atoms with Gasteiger partial charge in [0.1, 0.15) is 0 Å². The molecule has 0 aromatic carbocycles. The molecule has 0 bridgehead atoms. The van der Waals surface area contributed by atoms with Crippen LogP contribution in [0.2, 0.25) is 0 Å². The van der Waals surface area contributed by atoms with Crippen LogP contribution in [0, 0.1) is 5.41 Å². The molecule has 2 aliphatic carbocycles. The van der Waals surface area contributed by atoms with Crippen molar-refractivity contribution in [2.75, 3.05) is 7.11 Å². The van der Waals surface area contributed by atoms with E-state index < -0.39 is 0 Å². The molecule has 2 rings (SSSR count). The predicted molar refractivity (Wildman–Crippen MR) is 58.4 cm³/mol. The summed E-state index contributed by atoms with van der Waals surface area (Å²) >= 11 is 0. The lowest BCUT2D eigenvalue weighted by Gasteiger charge is -2.28. The van der Waals surface area contributed by atoms with Gasteiger partial charge in [0.15, 0.2) is 0 Å². The molecule has 1 N–H and O–H groups in total. The average Bonchev–Trinajstić information content (AvgIpc) is 2.75. The Morgan fingerprint density at radius 1 is 1.14 bits per heavy atom. The molecule has 1 atom stereocenters. The number of ether oxygens (including phenoxy) is 1. The fourth-order valence-electron chi connectivity index (χ4n) is 2.50. The molecule has 2 nitrogen and oxygen atoms in total. The minimum atomic E-state index is 0.528. The molecular weight excluding hydrogens is 174 g/mol. The minimum Gasteiger partial charge on any atom is -0.381 e. The molecule has 0 aromatic rings. The van der Waals surface area contributed by atoms with E-state index in [-0.39, 0.29) is 0 Å². The third kappa shape index (κ3) is 2.29. The Hall–Kier alpha value is -0.0800. The molecule has 0 heterocycles. The van der Waals surface area contributed by atoms with Crippen LogP contribution in [0.4, 0.5) is 0 Å². The summed E-state index contributed by atoms with van der Waals surface area (Å²) in [5.41, 5.74) is 0.568. The maximum Gasteiger partial charge on any atom is 0.0572 e. The van der Waals surface area contributed by atoms with Crippen molar-refractivity contribution in [1.82, 2.24) is 5.32 Å². The third-order valence-corrected chi connectivity index (χ3v) is 3.96. The smallest absolute Gasteiger partial charge is 0.0572 e. The van der Waals surface area contributed by atoms with Crippen LogP contribution in [0.5, 0.6) is 0 Å². The van der Waals surface area contributed by atoms with Gasteiger partial charge in [-0.15, -0.1) is 0 Å². The lowest BCUT2D eigenvalue weighted by atomic mass is 9.93. The molecule has 0 aromatic heterocycles. The van der Waals surface area contributed by atoms with Crippen molar-refractivity contribution in [1.29, 1.82) is 0 Å². The lowest BCUT2D eigenvalue weighted by molar-refractivity contribution is 0.0620. The van der Waals surface area contributed by atoms with Crippen molar-refractivity contribution in [3.63, 3.8) is 0 Å². The molecule has 0 saturated heterocycles. The van der Waals surface area contributed by atoms with Gasteiger partial charge in [0.05, 0.1) is 6.10 Å². The van der Waals surface area contributed by atoms with Gasteiger partial charge < -0.3 is 10.1 Å². The van der Waals surface area contributed by atoms with E-state index in [1.807, 2.05) is 7.11 Å².